The lowest BCUT2D eigenvalue weighted by molar-refractivity contribution is -0.117. The van der Waals surface area contributed by atoms with Gasteiger partial charge in [0.1, 0.15) is 0 Å². The number of hydrogen-bond donors (Lipinski definition) is 2. The number of rotatable bonds is 1. The Labute approximate surface area is 91.7 Å². The van der Waals surface area contributed by atoms with Crippen LogP contribution in [0.1, 0.15) is 6.42 Å². The quantitative estimate of drug-likeness (QED) is 0.737. The number of hydrogen-bond acceptors (Lipinski definition) is 3. The molecule has 1 aromatic heterocycles. The van der Waals surface area contributed by atoms with Crippen molar-refractivity contribution in [2.75, 3.05) is 11.4 Å². The number of fused-ring (bicyclic) bond motifs is 1. The monoisotopic (exact) mass is 217 g/mol. The van der Waals surface area contributed by atoms with Gasteiger partial charge in [0.15, 0.2) is 0 Å². The van der Waals surface area contributed by atoms with E-state index in [4.69, 9.17) is 0 Å². The Balaban J connectivity index is 2.03. The van der Waals surface area contributed by atoms with E-state index in [1.54, 1.807) is 0 Å². The van der Waals surface area contributed by atoms with Crippen molar-refractivity contribution in [3.05, 3.63) is 24.3 Å². The normalized spacial score (nSPS) is 20.9. The summed E-state index contributed by atoms with van der Waals surface area (Å²) in [4.78, 5) is 20.4. The molecule has 1 fully saturated rings. The zero-order valence-electron chi connectivity index (χ0n) is 8.55. The number of imidazole rings is 1. The Hall–Kier alpha value is -1.88. The molecule has 2 aromatic rings. The summed E-state index contributed by atoms with van der Waals surface area (Å²) in [5.41, 5.74) is 1.72. The number of aromatic nitrogens is 2. The predicted octanol–water partition coefficient (Wildman–Crippen LogP) is 0.661. The summed E-state index contributed by atoms with van der Waals surface area (Å²) in [5.74, 6) is 0.425. The van der Waals surface area contributed by atoms with Gasteiger partial charge in [-0.05, 0) is 12.1 Å². The van der Waals surface area contributed by atoms with Crippen molar-refractivity contribution in [2.24, 2.45) is 0 Å². The highest BCUT2D eigenvalue weighted by Gasteiger charge is 2.30. The number of carbonyl (C=O) groups is 1. The standard InChI is InChI=1S/C11H11N3O2/c15-7-5-10(16)14(6-7)11-12-8-3-1-2-4-9(8)13-11/h1-4,7,15H,5-6H2,(H,12,13). The lowest BCUT2D eigenvalue weighted by atomic mass is 10.3. The molecule has 16 heavy (non-hydrogen) atoms. The largest absolute Gasteiger partial charge is 0.391 e. The first-order chi connectivity index (χ1) is 7.74. The molecule has 0 saturated carbocycles. The molecule has 1 aliphatic rings. The summed E-state index contributed by atoms with van der Waals surface area (Å²) in [6.07, 6.45) is -0.405. The molecule has 5 heteroatoms. The van der Waals surface area contributed by atoms with Crippen molar-refractivity contribution in [3.63, 3.8) is 0 Å². The zero-order chi connectivity index (χ0) is 11.1. The highest BCUT2D eigenvalue weighted by Crippen LogP contribution is 2.21. The van der Waals surface area contributed by atoms with Crippen LogP contribution in [0.5, 0.6) is 0 Å². The highest BCUT2D eigenvalue weighted by atomic mass is 16.3. The molecule has 0 spiro atoms. The van der Waals surface area contributed by atoms with Gasteiger partial charge in [0, 0.05) is 0 Å². The van der Waals surface area contributed by atoms with Crippen molar-refractivity contribution in [3.8, 4) is 0 Å². The van der Waals surface area contributed by atoms with E-state index in [1.165, 1.54) is 4.90 Å². The number of amides is 1. The molecule has 1 unspecified atom stereocenters. The maximum atomic E-state index is 11.6. The zero-order valence-corrected chi connectivity index (χ0v) is 8.55. The highest BCUT2D eigenvalue weighted by molar-refractivity contribution is 5.95. The van der Waals surface area contributed by atoms with E-state index in [2.05, 4.69) is 9.97 Å². The van der Waals surface area contributed by atoms with Gasteiger partial charge in [0.2, 0.25) is 11.9 Å². The third-order valence-corrected chi connectivity index (χ3v) is 2.74. The summed E-state index contributed by atoms with van der Waals surface area (Å²) >= 11 is 0. The Kier molecular flexibility index (Phi) is 1.94. The van der Waals surface area contributed by atoms with Gasteiger partial charge in [0.25, 0.3) is 0 Å². The van der Waals surface area contributed by atoms with Crippen LogP contribution in [0.4, 0.5) is 5.95 Å². The van der Waals surface area contributed by atoms with Gasteiger partial charge in [-0.25, -0.2) is 4.98 Å². The molecular weight excluding hydrogens is 206 g/mol. The molecule has 0 radical (unpaired) electrons. The number of anilines is 1. The third kappa shape index (κ3) is 1.37. The van der Waals surface area contributed by atoms with Crippen LogP contribution in [-0.2, 0) is 4.79 Å². The molecule has 1 amide bonds. The van der Waals surface area contributed by atoms with Crippen LogP contribution >= 0.6 is 0 Å². The summed E-state index contributed by atoms with van der Waals surface area (Å²) in [6.45, 7) is 0.318. The van der Waals surface area contributed by atoms with Crippen molar-refractivity contribution >= 4 is 22.9 Å². The van der Waals surface area contributed by atoms with Gasteiger partial charge in [-0.1, -0.05) is 12.1 Å². The summed E-state index contributed by atoms with van der Waals surface area (Å²) in [6, 6.07) is 7.59. The summed E-state index contributed by atoms with van der Waals surface area (Å²) in [5, 5.41) is 9.40. The number of aromatic amines is 1. The second-order valence-electron chi connectivity index (χ2n) is 3.94. The Morgan fingerprint density at radius 1 is 1.44 bits per heavy atom. The predicted molar refractivity (Wildman–Crippen MR) is 59.1 cm³/mol. The number of nitrogens with zero attached hydrogens (tertiary/aromatic N) is 2. The van der Waals surface area contributed by atoms with E-state index in [0.717, 1.165) is 11.0 Å². The first kappa shape index (κ1) is 9.35. The maximum absolute atomic E-state index is 11.6. The second kappa shape index (κ2) is 3.31. The number of carbonyl (C=O) groups excluding carboxylic acids is 1. The molecule has 5 nitrogen and oxygen atoms in total. The number of para-hydroxylation sites is 2. The molecule has 2 N–H and O–H groups in total. The molecule has 1 atom stereocenters. The van der Waals surface area contributed by atoms with Crippen LogP contribution < -0.4 is 4.90 Å². The van der Waals surface area contributed by atoms with Crippen LogP contribution in [0.3, 0.4) is 0 Å². The lowest BCUT2D eigenvalue weighted by Gasteiger charge is -2.10. The number of H-pyrrole nitrogens is 1. The van der Waals surface area contributed by atoms with E-state index >= 15 is 0 Å². The van der Waals surface area contributed by atoms with Gasteiger partial charge < -0.3 is 10.1 Å². The first-order valence-electron chi connectivity index (χ1n) is 5.17. The van der Waals surface area contributed by atoms with Crippen LogP contribution in [0.15, 0.2) is 24.3 Å². The third-order valence-electron chi connectivity index (χ3n) is 2.74. The molecule has 1 aromatic carbocycles. The first-order valence-corrected chi connectivity index (χ1v) is 5.17. The van der Waals surface area contributed by atoms with Gasteiger partial charge in [-0.3, -0.25) is 9.69 Å². The van der Waals surface area contributed by atoms with Crippen molar-refractivity contribution in [1.29, 1.82) is 0 Å². The molecular formula is C11H11N3O2. The van der Waals surface area contributed by atoms with Crippen LogP contribution in [-0.4, -0.2) is 33.6 Å². The number of aliphatic hydroxyl groups is 1. The maximum Gasteiger partial charge on any atom is 0.232 e. The van der Waals surface area contributed by atoms with Gasteiger partial charge in [-0.15, -0.1) is 0 Å². The van der Waals surface area contributed by atoms with Gasteiger partial charge in [0.05, 0.1) is 30.1 Å². The topological polar surface area (TPSA) is 69.2 Å². The van der Waals surface area contributed by atoms with E-state index < -0.39 is 6.10 Å². The van der Waals surface area contributed by atoms with E-state index in [-0.39, 0.29) is 12.3 Å². The number of β-amino-alcohol motifs (C(OH)–C–C–N with tert-alkyl or cyclic N) is 1. The summed E-state index contributed by atoms with van der Waals surface area (Å²) in [7, 11) is 0. The minimum atomic E-state index is -0.583. The van der Waals surface area contributed by atoms with E-state index in [1.807, 2.05) is 24.3 Å². The van der Waals surface area contributed by atoms with E-state index in [9.17, 15) is 9.90 Å². The molecule has 1 aliphatic heterocycles. The Morgan fingerprint density at radius 3 is 2.94 bits per heavy atom. The molecule has 0 aliphatic carbocycles. The Bertz CT molecular complexity index is 516. The minimum Gasteiger partial charge on any atom is -0.391 e. The number of benzene rings is 1. The van der Waals surface area contributed by atoms with Gasteiger partial charge in [-0.2, -0.15) is 0 Å². The van der Waals surface area contributed by atoms with Crippen LogP contribution in [0.2, 0.25) is 0 Å². The minimum absolute atomic E-state index is 0.0912. The van der Waals surface area contributed by atoms with E-state index in [0.29, 0.717) is 12.5 Å². The Morgan fingerprint density at radius 2 is 2.25 bits per heavy atom. The second-order valence-corrected chi connectivity index (χ2v) is 3.94. The fourth-order valence-electron chi connectivity index (χ4n) is 1.96. The molecule has 0 bridgehead atoms. The van der Waals surface area contributed by atoms with Crippen LogP contribution in [0, 0.1) is 0 Å². The molecule has 82 valence electrons. The SMILES string of the molecule is O=C1CC(O)CN1c1nc2ccccc2[nH]1. The number of aliphatic hydroxyl groups excluding tert-OH is 1. The fraction of sp³-hybridized carbons (Fsp3) is 0.273. The number of nitrogens with one attached hydrogen (secondary N) is 1. The van der Waals surface area contributed by atoms with Crippen molar-refractivity contribution < 1.29 is 9.90 Å². The lowest BCUT2D eigenvalue weighted by Crippen LogP contribution is -2.26. The van der Waals surface area contributed by atoms with Gasteiger partial charge >= 0.3 is 0 Å². The average Bonchev–Trinajstić information content (AvgIpc) is 2.81. The van der Waals surface area contributed by atoms with Crippen molar-refractivity contribution in [1.82, 2.24) is 9.97 Å². The molecule has 2 heterocycles. The average molecular weight is 217 g/mol. The smallest absolute Gasteiger partial charge is 0.232 e. The van der Waals surface area contributed by atoms with Crippen LogP contribution in [0.25, 0.3) is 11.0 Å². The fourth-order valence-corrected chi connectivity index (χ4v) is 1.96. The van der Waals surface area contributed by atoms with Crippen molar-refractivity contribution in [2.45, 2.75) is 12.5 Å². The molecule has 1 saturated heterocycles. The summed E-state index contributed by atoms with van der Waals surface area (Å²) < 4.78 is 0. The molecule has 3 rings (SSSR count).